The van der Waals surface area contributed by atoms with Crippen molar-refractivity contribution in [1.82, 2.24) is 25.1 Å². The highest BCUT2D eigenvalue weighted by molar-refractivity contribution is 5.87. The maximum Gasteiger partial charge on any atom is 0.321 e. The highest BCUT2D eigenvalue weighted by atomic mass is 16.5. The van der Waals surface area contributed by atoms with Crippen LogP contribution in [0.3, 0.4) is 0 Å². The van der Waals surface area contributed by atoms with E-state index >= 15 is 0 Å². The quantitative estimate of drug-likeness (QED) is 0.763. The predicted molar refractivity (Wildman–Crippen MR) is 74.8 cm³/mol. The number of urea groups is 1. The number of hydrogen-bond acceptors (Lipinski definition) is 5. The van der Waals surface area contributed by atoms with Gasteiger partial charge in [-0.3, -0.25) is 5.32 Å². The number of amides is 2. The molecule has 0 aromatic carbocycles. The van der Waals surface area contributed by atoms with Gasteiger partial charge in [0, 0.05) is 18.3 Å². The van der Waals surface area contributed by atoms with Crippen molar-refractivity contribution in [3.05, 3.63) is 41.4 Å². The Labute approximate surface area is 120 Å². The molecule has 21 heavy (non-hydrogen) atoms. The molecule has 0 fully saturated rings. The number of carbonyl (C=O) groups is 1. The number of fused-ring (bicyclic) bond motifs is 1. The fraction of sp³-hybridized carbons (Fsp3) is 0.231. The number of aryl methyl sites for hydroxylation is 2. The highest BCUT2D eigenvalue weighted by Gasteiger charge is 2.11. The summed E-state index contributed by atoms with van der Waals surface area (Å²) in [4.78, 5) is 16.0. The first-order valence-corrected chi connectivity index (χ1v) is 6.41. The first kappa shape index (κ1) is 13.1. The molecule has 0 spiro atoms. The number of pyridine rings is 1. The van der Waals surface area contributed by atoms with Gasteiger partial charge in [0.15, 0.2) is 5.65 Å². The van der Waals surface area contributed by atoms with E-state index in [9.17, 15) is 4.79 Å². The molecule has 0 saturated carbocycles. The number of anilines is 1. The molecule has 2 N–H and O–H groups in total. The van der Waals surface area contributed by atoms with Crippen molar-refractivity contribution in [3.63, 3.8) is 0 Å². The normalized spacial score (nSPS) is 10.8. The van der Waals surface area contributed by atoms with Crippen molar-refractivity contribution in [2.24, 2.45) is 0 Å². The SMILES string of the molecule is Cc1noc(C)c1CNC(=O)Nc1nc2ccccn2n1. The zero-order valence-corrected chi connectivity index (χ0v) is 11.6. The number of nitrogens with one attached hydrogen (secondary N) is 2. The van der Waals surface area contributed by atoms with Gasteiger partial charge in [0.25, 0.3) is 5.95 Å². The Bertz CT molecular complexity index is 738. The van der Waals surface area contributed by atoms with E-state index in [1.807, 2.05) is 19.1 Å². The maximum atomic E-state index is 11.8. The summed E-state index contributed by atoms with van der Waals surface area (Å²) in [7, 11) is 0. The Morgan fingerprint density at radius 3 is 2.95 bits per heavy atom. The molecule has 0 atom stereocenters. The second-order valence-corrected chi connectivity index (χ2v) is 4.55. The Morgan fingerprint density at radius 2 is 2.24 bits per heavy atom. The molecule has 0 bridgehead atoms. The number of hydrogen-bond donors (Lipinski definition) is 2. The largest absolute Gasteiger partial charge is 0.361 e. The van der Waals surface area contributed by atoms with E-state index in [1.54, 1.807) is 23.7 Å². The van der Waals surface area contributed by atoms with Gasteiger partial charge in [-0.1, -0.05) is 11.2 Å². The van der Waals surface area contributed by atoms with Gasteiger partial charge >= 0.3 is 6.03 Å². The Morgan fingerprint density at radius 1 is 1.38 bits per heavy atom. The molecule has 0 aliphatic heterocycles. The van der Waals surface area contributed by atoms with Crippen molar-refractivity contribution >= 4 is 17.6 Å². The fourth-order valence-corrected chi connectivity index (χ4v) is 1.95. The molecule has 8 heteroatoms. The number of rotatable bonds is 3. The van der Waals surface area contributed by atoms with E-state index in [-0.39, 0.29) is 12.0 Å². The van der Waals surface area contributed by atoms with Crippen LogP contribution < -0.4 is 10.6 Å². The first-order valence-electron chi connectivity index (χ1n) is 6.41. The minimum absolute atomic E-state index is 0.248. The Kier molecular flexibility index (Phi) is 3.27. The van der Waals surface area contributed by atoms with E-state index < -0.39 is 0 Å². The number of nitrogens with zero attached hydrogens (tertiary/aromatic N) is 4. The zero-order valence-electron chi connectivity index (χ0n) is 11.6. The van der Waals surface area contributed by atoms with Gasteiger partial charge in [-0.15, -0.1) is 5.10 Å². The van der Waals surface area contributed by atoms with Gasteiger partial charge in [0.05, 0.1) is 5.69 Å². The maximum absolute atomic E-state index is 11.8. The summed E-state index contributed by atoms with van der Waals surface area (Å²) in [5.41, 5.74) is 2.30. The van der Waals surface area contributed by atoms with Crippen LogP contribution in [-0.4, -0.2) is 25.8 Å². The molecule has 3 aromatic rings. The van der Waals surface area contributed by atoms with E-state index in [1.165, 1.54) is 0 Å². The first-order chi connectivity index (χ1) is 10.1. The molecule has 8 nitrogen and oxygen atoms in total. The van der Waals surface area contributed by atoms with Gasteiger partial charge in [-0.25, -0.2) is 9.31 Å². The van der Waals surface area contributed by atoms with Gasteiger partial charge in [0.2, 0.25) is 0 Å². The van der Waals surface area contributed by atoms with Crippen LogP contribution in [-0.2, 0) is 6.54 Å². The molecule has 2 amide bonds. The van der Waals surface area contributed by atoms with Gasteiger partial charge in [0.1, 0.15) is 5.76 Å². The van der Waals surface area contributed by atoms with Crippen LogP contribution in [0.1, 0.15) is 17.0 Å². The molecule has 0 aliphatic rings. The lowest BCUT2D eigenvalue weighted by molar-refractivity contribution is 0.251. The van der Waals surface area contributed by atoms with Crippen molar-refractivity contribution in [2.75, 3.05) is 5.32 Å². The van der Waals surface area contributed by atoms with Crippen LogP contribution in [0.2, 0.25) is 0 Å². The summed E-state index contributed by atoms with van der Waals surface area (Å²) in [5.74, 6) is 0.941. The van der Waals surface area contributed by atoms with Crippen LogP contribution in [0.25, 0.3) is 5.65 Å². The van der Waals surface area contributed by atoms with Crippen LogP contribution in [0.4, 0.5) is 10.7 Å². The van der Waals surface area contributed by atoms with Gasteiger partial charge < -0.3 is 9.84 Å². The second-order valence-electron chi connectivity index (χ2n) is 4.55. The monoisotopic (exact) mass is 286 g/mol. The fourth-order valence-electron chi connectivity index (χ4n) is 1.95. The lowest BCUT2D eigenvalue weighted by Crippen LogP contribution is -2.29. The molecule has 0 saturated heterocycles. The summed E-state index contributed by atoms with van der Waals surface area (Å²) < 4.78 is 6.62. The Hall–Kier alpha value is -2.90. The van der Waals surface area contributed by atoms with Crippen LogP contribution in [0, 0.1) is 13.8 Å². The third-order valence-electron chi connectivity index (χ3n) is 3.07. The summed E-state index contributed by atoms with van der Waals surface area (Å²) in [6, 6.07) is 5.11. The van der Waals surface area contributed by atoms with Gasteiger partial charge in [-0.2, -0.15) is 4.98 Å². The molecule has 108 valence electrons. The second kappa shape index (κ2) is 5.23. The van der Waals surface area contributed by atoms with Crippen molar-refractivity contribution < 1.29 is 9.32 Å². The van der Waals surface area contributed by atoms with E-state index in [0.29, 0.717) is 18.0 Å². The molecule has 0 unspecified atom stereocenters. The van der Waals surface area contributed by atoms with Crippen molar-refractivity contribution in [3.8, 4) is 0 Å². The van der Waals surface area contributed by atoms with E-state index in [2.05, 4.69) is 25.9 Å². The molecule has 0 radical (unpaired) electrons. The van der Waals surface area contributed by atoms with Crippen molar-refractivity contribution in [2.45, 2.75) is 20.4 Å². The van der Waals surface area contributed by atoms with E-state index in [0.717, 1.165) is 11.3 Å². The third-order valence-corrected chi connectivity index (χ3v) is 3.07. The predicted octanol–water partition coefficient (Wildman–Crippen LogP) is 1.66. The average molecular weight is 286 g/mol. The van der Waals surface area contributed by atoms with Crippen LogP contribution >= 0.6 is 0 Å². The van der Waals surface area contributed by atoms with Crippen molar-refractivity contribution in [1.29, 1.82) is 0 Å². The summed E-state index contributed by atoms with van der Waals surface area (Å²) in [5, 5.41) is 13.3. The molecule has 3 aromatic heterocycles. The highest BCUT2D eigenvalue weighted by Crippen LogP contribution is 2.11. The lowest BCUT2D eigenvalue weighted by atomic mass is 10.2. The zero-order chi connectivity index (χ0) is 14.8. The topological polar surface area (TPSA) is 97.3 Å². The molecule has 3 heterocycles. The van der Waals surface area contributed by atoms with Crippen LogP contribution in [0.5, 0.6) is 0 Å². The number of carbonyl (C=O) groups excluding carboxylic acids is 1. The minimum Gasteiger partial charge on any atom is -0.361 e. The molecular formula is C13H14N6O2. The third kappa shape index (κ3) is 2.69. The molecular weight excluding hydrogens is 272 g/mol. The summed E-state index contributed by atoms with van der Waals surface area (Å²) >= 11 is 0. The smallest absolute Gasteiger partial charge is 0.321 e. The van der Waals surface area contributed by atoms with Crippen LogP contribution in [0.15, 0.2) is 28.9 Å². The Balaban J connectivity index is 1.64. The molecule has 3 rings (SSSR count). The summed E-state index contributed by atoms with van der Waals surface area (Å²) in [6.45, 7) is 3.97. The standard InChI is InChI=1S/C13H14N6O2/c1-8-10(9(2)21-18-8)7-14-13(20)16-12-15-11-5-3-4-6-19(11)17-12/h3-6H,7H2,1-2H3,(H2,14,16,17,20). The summed E-state index contributed by atoms with van der Waals surface area (Å²) in [6.07, 6.45) is 1.76. The molecule has 0 aliphatic carbocycles. The van der Waals surface area contributed by atoms with Gasteiger partial charge in [-0.05, 0) is 26.0 Å². The van der Waals surface area contributed by atoms with E-state index in [4.69, 9.17) is 4.52 Å². The average Bonchev–Trinajstić information content (AvgIpc) is 3.00. The lowest BCUT2D eigenvalue weighted by Gasteiger charge is -2.04. The number of aromatic nitrogens is 4. The minimum atomic E-state index is -0.383.